The molecule has 3 nitrogen and oxygen atoms in total. The van der Waals surface area contributed by atoms with Crippen LogP contribution in [0.15, 0.2) is 61.2 Å². The van der Waals surface area contributed by atoms with Crippen molar-refractivity contribution in [3.8, 4) is 0 Å². The molecule has 0 N–H and O–H groups in total. The summed E-state index contributed by atoms with van der Waals surface area (Å²) in [4.78, 5) is 4.12. The molecule has 0 fully saturated rings. The van der Waals surface area contributed by atoms with Crippen molar-refractivity contribution in [2.75, 3.05) is 6.61 Å². The van der Waals surface area contributed by atoms with E-state index in [0.717, 1.165) is 22.9 Å². The summed E-state index contributed by atoms with van der Waals surface area (Å²) < 4.78 is 8.03. The highest BCUT2D eigenvalue weighted by Crippen LogP contribution is 2.24. The normalized spacial score (nSPS) is 12.3. The number of ether oxygens (including phenoxy) is 1. The molecule has 0 aliphatic heterocycles. The van der Waals surface area contributed by atoms with Crippen LogP contribution in [0.25, 0.3) is 0 Å². The monoisotopic (exact) mass is 440 g/mol. The van der Waals surface area contributed by atoms with Gasteiger partial charge in [0.1, 0.15) is 0 Å². The zero-order valence-corrected chi connectivity index (χ0v) is 17.6. The van der Waals surface area contributed by atoms with Gasteiger partial charge in [-0.15, -0.1) is 11.8 Å². The summed E-state index contributed by atoms with van der Waals surface area (Å²) in [6.07, 6.45) is 5.58. The van der Waals surface area contributed by atoms with Crippen molar-refractivity contribution in [2.24, 2.45) is 0 Å². The molecule has 1 heterocycles. The summed E-state index contributed by atoms with van der Waals surface area (Å²) >= 11 is 19.8. The maximum Gasteiger partial charge on any atom is 0.0946 e. The third-order valence-corrected chi connectivity index (χ3v) is 6.18. The van der Waals surface area contributed by atoms with Crippen LogP contribution in [0.1, 0.15) is 11.1 Å². The SMILES string of the molecule is Clc1ccc(CSC(COCc2ccc(Cl)c(Cl)c2)Cn2ccnc2)cc1. The van der Waals surface area contributed by atoms with E-state index in [1.54, 1.807) is 12.3 Å². The van der Waals surface area contributed by atoms with Gasteiger partial charge in [0, 0.05) is 35.0 Å². The standard InChI is InChI=1S/C20H19Cl3N2OS/c21-17-4-1-15(2-5-17)13-27-18(10-25-8-7-24-14-25)12-26-11-16-3-6-19(22)20(23)9-16/h1-9,14,18H,10-13H2. The molecule has 0 aliphatic rings. The van der Waals surface area contributed by atoms with Gasteiger partial charge in [-0.3, -0.25) is 0 Å². The lowest BCUT2D eigenvalue weighted by molar-refractivity contribution is 0.119. The largest absolute Gasteiger partial charge is 0.376 e. The fourth-order valence-electron chi connectivity index (χ4n) is 2.52. The predicted molar refractivity (Wildman–Crippen MR) is 115 cm³/mol. The van der Waals surface area contributed by atoms with Gasteiger partial charge in [-0.25, -0.2) is 4.98 Å². The molecule has 0 spiro atoms. The zero-order valence-electron chi connectivity index (χ0n) is 14.5. The first-order chi connectivity index (χ1) is 13.1. The average Bonchev–Trinajstić information content (AvgIpc) is 3.17. The first kappa shape index (κ1) is 20.6. The number of benzene rings is 2. The molecule has 0 radical (unpaired) electrons. The van der Waals surface area contributed by atoms with Gasteiger partial charge in [0.15, 0.2) is 0 Å². The van der Waals surface area contributed by atoms with E-state index in [0.29, 0.717) is 23.3 Å². The van der Waals surface area contributed by atoms with E-state index in [1.807, 2.05) is 48.6 Å². The molecule has 2 aromatic carbocycles. The number of aromatic nitrogens is 2. The number of imidazole rings is 1. The van der Waals surface area contributed by atoms with Crippen LogP contribution < -0.4 is 0 Å². The molecule has 1 atom stereocenters. The van der Waals surface area contributed by atoms with Crippen LogP contribution in [0.4, 0.5) is 0 Å². The van der Waals surface area contributed by atoms with Crippen molar-refractivity contribution in [2.45, 2.75) is 24.2 Å². The van der Waals surface area contributed by atoms with Crippen molar-refractivity contribution in [3.05, 3.63) is 87.4 Å². The van der Waals surface area contributed by atoms with E-state index >= 15 is 0 Å². The summed E-state index contributed by atoms with van der Waals surface area (Å²) in [5.41, 5.74) is 2.25. The van der Waals surface area contributed by atoms with Crippen LogP contribution in [-0.2, 0) is 23.6 Å². The minimum Gasteiger partial charge on any atom is -0.376 e. The molecule has 3 rings (SSSR count). The summed E-state index contributed by atoms with van der Waals surface area (Å²) in [6.45, 7) is 1.95. The van der Waals surface area contributed by atoms with Crippen molar-refractivity contribution < 1.29 is 4.74 Å². The first-order valence-corrected chi connectivity index (χ1v) is 10.6. The number of hydrogen-bond acceptors (Lipinski definition) is 3. The van der Waals surface area contributed by atoms with E-state index in [-0.39, 0.29) is 5.25 Å². The second-order valence-corrected chi connectivity index (χ2v) is 8.62. The third-order valence-electron chi connectivity index (χ3n) is 3.93. The van der Waals surface area contributed by atoms with Gasteiger partial charge >= 0.3 is 0 Å². The summed E-state index contributed by atoms with van der Waals surface area (Å²) in [6, 6.07) is 13.5. The molecular formula is C20H19Cl3N2OS. The Balaban J connectivity index is 1.55. The fourth-order valence-corrected chi connectivity index (χ4v) is 4.05. The Morgan fingerprint density at radius 2 is 1.78 bits per heavy atom. The smallest absolute Gasteiger partial charge is 0.0946 e. The number of rotatable bonds is 9. The summed E-state index contributed by atoms with van der Waals surface area (Å²) in [5.74, 6) is 0.896. The molecule has 142 valence electrons. The maximum atomic E-state index is 6.07. The van der Waals surface area contributed by atoms with Gasteiger partial charge in [0.25, 0.3) is 0 Å². The van der Waals surface area contributed by atoms with Crippen LogP contribution >= 0.6 is 46.6 Å². The lowest BCUT2D eigenvalue weighted by Gasteiger charge is -2.18. The number of nitrogens with zero attached hydrogens (tertiary/aromatic N) is 2. The van der Waals surface area contributed by atoms with Crippen molar-refractivity contribution in [1.29, 1.82) is 0 Å². The van der Waals surface area contributed by atoms with E-state index in [9.17, 15) is 0 Å². The van der Waals surface area contributed by atoms with Gasteiger partial charge in [0.05, 0.1) is 29.6 Å². The van der Waals surface area contributed by atoms with Crippen molar-refractivity contribution in [1.82, 2.24) is 9.55 Å². The first-order valence-electron chi connectivity index (χ1n) is 8.43. The number of halogens is 3. The van der Waals surface area contributed by atoms with E-state index in [2.05, 4.69) is 21.7 Å². The lowest BCUT2D eigenvalue weighted by atomic mass is 10.2. The Morgan fingerprint density at radius 1 is 1.00 bits per heavy atom. The topological polar surface area (TPSA) is 27.1 Å². The lowest BCUT2D eigenvalue weighted by Crippen LogP contribution is -2.19. The second kappa shape index (κ2) is 10.4. The number of hydrogen-bond donors (Lipinski definition) is 0. The third kappa shape index (κ3) is 6.74. The molecule has 0 saturated heterocycles. The molecule has 7 heteroatoms. The quantitative estimate of drug-likeness (QED) is 0.386. The fraction of sp³-hybridized carbons (Fsp3) is 0.250. The number of thioether (sulfide) groups is 1. The van der Waals surface area contributed by atoms with Gasteiger partial charge in [-0.05, 0) is 35.4 Å². The highest BCUT2D eigenvalue weighted by atomic mass is 35.5. The van der Waals surface area contributed by atoms with Crippen LogP contribution in [0.2, 0.25) is 15.1 Å². The average molecular weight is 442 g/mol. The minimum absolute atomic E-state index is 0.289. The Hall–Kier alpha value is -1.17. The Bertz CT molecular complexity index is 841. The highest BCUT2D eigenvalue weighted by molar-refractivity contribution is 7.99. The maximum absolute atomic E-state index is 6.07. The Kier molecular flexibility index (Phi) is 7.92. The van der Waals surface area contributed by atoms with Crippen LogP contribution in [-0.4, -0.2) is 21.4 Å². The van der Waals surface area contributed by atoms with Gasteiger partial charge < -0.3 is 9.30 Å². The molecule has 0 aliphatic carbocycles. The van der Waals surface area contributed by atoms with E-state index < -0.39 is 0 Å². The van der Waals surface area contributed by atoms with Crippen LogP contribution in [0, 0.1) is 0 Å². The molecule has 0 bridgehead atoms. The van der Waals surface area contributed by atoms with Gasteiger partial charge in [-0.1, -0.05) is 53.0 Å². The Labute approximate surface area is 178 Å². The molecule has 1 unspecified atom stereocenters. The van der Waals surface area contributed by atoms with Crippen molar-refractivity contribution >= 4 is 46.6 Å². The van der Waals surface area contributed by atoms with Crippen molar-refractivity contribution in [3.63, 3.8) is 0 Å². The van der Waals surface area contributed by atoms with E-state index in [4.69, 9.17) is 39.5 Å². The van der Waals surface area contributed by atoms with Gasteiger partial charge in [0.2, 0.25) is 0 Å². The molecule has 0 amide bonds. The summed E-state index contributed by atoms with van der Waals surface area (Å²) in [7, 11) is 0. The molecule has 27 heavy (non-hydrogen) atoms. The predicted octanol–water partition coefficient (Wildman–Crippen LogP) is 6.36. The summed E-state index contributed by atoms with van der Waals surface area (Å²) in [5, 5.41) is 2.14. The van der Waals surface area contributed by atoms with Gasteiger partial charge in [-0.2, -0.15) is 0 Å². The molecule has 0 saturated carbocycles. The van der Waals surface area contributed by atoms with Crippen LogP contribution in [0.3, 0.4) is 0 Å². The minimum atomic E-state index is 0.289. The Morgan fingerprint density at radius 3 is 2.48 bits per heavy atom. The molecule has 3 aromatic rings. The van der Waals surface area contributed by atoms with Crippen LogP contribution in [0.5, 0.6) is 0 Å². The highest BCUT2D eigenvalue weighted by Gasteiger charge is 2.12. The molecule has 1 aromatic heterocycles. The molecular weight excluding hydrogens is 423 g/mol. The second-order valence-electron chi connectivity index (χ2n) is 6.08. The van der Waals surface area contributed by atoms with E-state index in [1.165, 1.54) is 5.56 Å². The zero-order chi connectivity index (χ0) is 19.1.